The first-order valence-electron chi connectivity index (χ1n) is 3.98. The zero-order valence-electron chi connectivity index (χ0n) is 7.51. The molecule has 0 unspecified atom stereocenters. The van der Waals surface area contributed by atoms with Crippen LogP contribution in [0.25, 0.3) is 0 Å². The molecule has 0 aliphatic carbocycles. The van der Waals surface area contributed by atoms with Crippen LogP contribution in [0, 0.1) is 5.82 Å². The van der Waals surface area contributed by atoms with Gasteiger partial charge < -0.3 is 10.5 Å². The first-order valence-corrected chi connectivity index (χ1v) is 4.36. The second kappa shape index (κ2) is 4.28. The zero-order valence-corrected chi connectivity index (χ0v) is 8.27. The molecule has 0 spiro atoms. The minimum atomic E-state index is -0.650. The molecule has 0 saturated carbocycles. The van der Waals surface area contributed by atoms with Crippen molar-refractivity contribution >= 4 is 23.3 Å². The Balaban J connectivity index is 3.11. The van der Waals surface area contributed by atoms with Crippen molar-refractivity contribution in [3.05, 3.63) is 28.5 Å². The fraction of sp³-hybridized carbons (Fsp3) is 0.222. The van der Waals surface area contributed by atoms with E-state index in [-0.39, 0.29) is 22.9 Å². The summed E-state index contributed by atoms with van der Waals surface area (Å²) >= 11 is 5.66. The summed E-state index contributed by atoms with van der Waals surface area (Å²) in [7, 11) is 0. The molecule has 1 aromatic rings. The Hall–Kier alpha value is -1.29. The second-order valence-electron chi connectivity index (χ2n) is 2.54. The summed E-state index contributed by atoms with van der Waals surface area (Å²) in [5, 5.41) is -0.108. The Morgan fingerprint density at radius 3 is 2.86 bits per heavy atom. The molecule has 0 fully saturated rings. The van der Waals surface area contributed by atoms with Gasteiger partial charge in [0.25, 0.3) is 0 Å². The minimum absolute atomic E-state index is 0.0763. The van der Waals surface area contributed by atoms with Gasteiger partial charge in [-0.1, -0.05) is 11.6 Å². The van der Waals surface area contributed by atoms with E-state index in [0.29, 0.717) is 0 Å². The number of anilines is 1. The molecule has 1 rings (SSSR count). The number of hydrogen-bond acceptors (Lipinski definition) is 3. The molecule has 0 atom stereocenters. The van der Waals surface area contributed by atoms with Gasteiger partial charge >= 0.3 is 5.97 Å². The number of nitrogens with two attached hydrogens (primary N) is 1. The molecule has 0 aliphatic heterocycles. The van der Waals surface area contributed by atoms with Crippen LogP contribution in [-0.4, -0.2) is 12.6 Å². The molecule has 0 bridgehead atoms. The second-order valence-corrected chi connectivity index (χ2v) is 2.92. The van der Waals surface area contributed by atoms with Crippen LogP contribution in [-0.2, 0) is 4.74 Å². The molecular weight excluding hydrogens is 209 g/mol. The van der Waals surface area contributed by atoms with Gasteiger partial charge in [-0.15, -0.1) is 0 Å². The molecule has 0 radical (unpaired) electrons. The Bertz CT molecular complexity index is 368. The molecule has 0 heterocycles. The topological polar surface area (TPSA) is 52.3 Å². The van der Waals surface area contributed by atoms with Gasteiger partial charge in [0.15, 0.2) is 0 Å². The third kappa shape index (κ3) is 1.96. The number of hydrogen-bond donors (Lipinski definition) is 1. The van der Waals surface area contributed by atoms with Gasteiger partial charge in [0.05, 0.1) is 22.9 Å². The highest BCUT2D eigenvalue weighted by Gasteiger charge is 2.15. The monoisotopic (exact) mass is 217 g/mol. The molecule has 76 valence electrons. The van der Waals surface area contributed by atoms with E-state index in [1.165, 1.54) is 6.07 Å². The van der Waals surface area contributed by atoms with E-state index < -0.39 is 11.8 Å². The maximum Gasteiger partial charge on any atom is 0.339 e. The molecule has 0 aliphatic rings. The maximum atomic E-state index is 12.8. The van der Waals surface area contributed by atoms with Crippen LogP contribution in [0.1, 0.15) is 17.3 Å². The van der Waals surface area contributed by atoms with Crippen molar-refractivity contribution in [2.75, 3.05) is 12.3 Å². The molecule has 0 saturated heterocycles. The molecule has 1 aromatic carbocycles. The van der Waals surface area contributed by atoms with Crippen LogP contribution < -0.4 is 5.73 Å². The summed E-state index contributed by atoms with van der Waals surface area (Å²) in [4.78, 5) is 11.2. The van der Waals surface area contributed by atoms with Crippen molar-refractivity contribution in [2.24, 2.45) is 0 Å². The molecule has 0 amide bonds. The Kier molecular flexibility index (Phi) is 3.30. The number of carbonyl (C=O) groups is 1. The number of ether oxygens (including phenoxy) is 1. The summed E-state index contributed by atoms with van der Waals surface area (Å²) in [6, 6.07) is 2.32. The van der Waals surface area contributed by atoms with E-state index in [1.54, 1.807) is 6.92 Å². The first kappa shape index (κ1) is 10.8. The van der Waals surface area contributed by atoms with Gasteiger partial charge in [-0.25, -0.2) is 9.18 Å². The SMILES string of the molecule is CCOC(=O)c1ccc(F)c(N)c1Cl. The lowest BCUT2D eigenvalue weighted by Gasteiger charge is -2.06. The van der Waals surface area contributed by atoms with E-state index in [2.05, 4.69) is 0 Å². The van der Waals surface area contributed by atoms with E-state index in [1.807, 2.05) is 0 Å². The van der Waals surface area contributed by atoms with Crippen LogP contribution >= 0.6 is 11.6 Å². The standard InChI is InChI=1S/C9H9ClFNO2/c1-2-14-9(13)5-3-4-6(11)8(12)7(5)10/h3-4H,2,12H2,1H3. The summed E-state index contributed by atoms with van der Waals surface area (Å²) in [6.07, 6.45) is 0. The van der Waals surface area contributed by atoms with Gasteiger partial charge in [0, 0.05) is 0 Å². The highest BCUT2D eigenvalue weighted by atomic mass is 35.5. The fourth-order valence-electron chi connectivity index (χ4n) is 0.936. The molecule has 2 N–H and O–H groups in total. The predicted molar refractivity (Wildman–Crippen MR) is 51.8 cm³/mol. The summed E-state index contributed by atoms with van der Waals surface area (Å²) in [6.45, 7) is 1.89. The zero-order chi connectivity index (χ0) is 10.7. The minimum Gasteiger partial charge on any atom is -0.462 e. The third-order valence-electron chi connectivity index (χ3n) is 1.62. The number of nitrogen functional groups attached to an aromatic ring is 1. The van der Waals surface area contributed by atoms with Gasteiger partial charge in [0.2, 0.25) is 0 Å². The van der Waals surface area contributed by atoms with E-state index in [4.69, 9.17) is 22.1 Å². The lowest BCUT2D eigenvalue weighted by Crippen LogP contribution is -2.07. The highest BCUT2D eigenvalue weighted by molar-refractivity contribution is 6.36. The number of rotatable bonds is 2. The number of halogens is 2. The predicted octanol–water partition coefficient (Wildman–Crippen LogP) is 2.24. The summed E-state index contributed by atoms with van der Waals surface area (Å²) in [5.74, 6) is -1.26. The van der Waals surface area contributed by atoms with E-state index in [0.717, 1.165) is 6.07 Å². The van der Waals surface area contributed by atoms with Crippen molar-refractivity contribution in [3.63, 3.8) is 0 Å². The van der Waals surface area contributed by atoms with Crippen LogP contribution in [0.3, 0.4) is 0 Å². The number of esters is 1. The van der Waals surface area contributed by atoms with Gasteiger partial charge in [0.1, 0.15) is 5.82 Å². The van der Waals surface area contributed by atoms with Gasteiger partial charge in [-0.3, -0.25) is 0 Å². The van der Waals surface area contributed by atoms with Crippen LogP contribution in [0.15, 0.2) is 12.1 Å². The normalized spacial score (nSPS) is 9.93. The number of carbonyl (C=O) groups excluding carboxylic acids is 1. The Morgan fingerprint density at radius 1 is 1.64 bits per heavy atom. The third-order valence-corrected chi connectivity index (χ3v) is 2.03. The molecule has 5 heteroatoms. The van der Waals surface area contributed by atoms with Crippen molar-refractivity contribution < 1.29 is 13.9 Å². The van der Waals surface area contributed by atoms with E-state index in [9.17, 15) is 9.18 Å². The van der Waals surface area contributed by atoms with Crippen molar-refractivity contribution in [2.45, 2.75) is 6.92 Å². The fourth-order valence-corrected chi connectivity index (χ4v) is 1.17. The lowest BCUT2D eigenvalue weighted by atomic mass is 10.2. The van der Waals surface area contributed by atoms with Crippen molar-refractivity contribution in [1.82, 2.24) is 0 Å². The average molecular weight is 218 g/mol. The van der Waals surface area contributed by atoms with Crippen LogP contribution in [0.5, 0.6) is 0 Å². The lowest BCUT2D eigenvalue weighted by molar-refractivity contribution is 0.0526. The van der Waals surface area contributed by atoms with Crippen molar-refractivity contribution in [3.8, 4) is 0 Å². The average Bonchev–Trinajstić information content (AvgIpc) is 2.15. The summed E-state index contributed by atoms with van der Waals surface area (Å²) in [5.41, 5.74) is 5.14. The largest absolute Gasteiger partial charge is 0.462 e. The molecule has 0 aromatic heterocycles. The van der Waals surface area contributed by atoms with Crippen LogP contribution in [0.2, 0.25) is 5.02 Å². The Labute approximate surface area is 85.6 Å². The quantitative estimate of drug-likeness (QED) is 0.611. The Morgan fingerprint density at radius 2 is 2.29 bits per heavy atom. The highest BCUT2D eigenvalue weighted by Crippen LogP contribution is 2.26. The van der Waals surface area contributed by atoms with Gasteiger partial charge in [-0.2, -0.15) is 0 Å². The maximum absolute atomic E-state index is 12.8. The van der Waals surface area contributed by atoms with E-state index >= 15 is 0 Å². The molecule has 3 nitrogen and oxygen atoms in total. The summed E-state index contributed by atoms with van der Waals surface area (Å²) < 4.78 is 17.5. The van der Waals surface area contributed by atoms with Crippen molar-refractivity contribution in [1.29, 1.82) is 0 Å². The number of benzene rings is 1. The van der Waals surface area contributed by atoms with Gasteiger partial charge in [-0.05, 0) is 19.1 Å². The first-order chi connectivity index (χ1) is 6.57. The van der Waals surface area contributed by atoms with Crippen LogP contribution in [0.4, 0.5) is 10.1 Å². The molecule has 14 heavy (non-hydrogen) atoms. The molecular formula is C9H9ClFNO2. The smallest absolute Gasteiger partial charge is 0.339 e.